The van der Waals surface area contributed by atoms with Gasteiger partial charge < -0.3 is 5.32 Å². The predicted molar refractivity (Wildman–Crippen MR) is 122 cm³/mol. The Morgan fingerprint density at radius 2 is 1.53 bits per heavy atom. The van der Waals surface area contributed by atoms with Crippen LogP contribution in [0.15, 0.2) is 72.4 Å². The van der Waals surface area contributed by atoms with Crippen molar-refractivity contribution in [3.8, 4) is 0 Å². The van der Waals surface area contributed by atoms with Gasteiger partial charge in [-0.2, -0.15) is 0 Å². The Kier molecular flexibility index (Phi) is 5.37. The van der Waals surface area contributed by atoms with Crippen molar-refractivity contribution in [1.82, 2.24) is 0 Å². The number of anilines is 2. The fraction of sp³-hybridized carbons (Fsp3) is 0.0833. The molecular weight excluding hydrogens is 419 g/mol. The molecule has 3 aromatic carbocycles. The summed E-state index contributed by atoms with van der Waals surface area (Å²) in [7, 11) is 0. The van der Waals surface area contributed by atoms with Gasteiger partial charge in [0.05, 0.1) is 11.3 Å². The molecular formula is C24H18Cl2N2O2. The van der Waals surface area contributed by atoms with Gasteiger partial charge in [-0.3, -0.25) is 9.59 Å². The molecule has 30 heavy (non-hydrogen) atoms. The monoisotopic (exact) mass is 436 g/mol. The maximum Gasteiger partial charge on any atom is 0.282 e. The maximum absolute atomic E-state index is 13.4. The molecule has 6 heteroatoms. The first-order valence-corrected chi connectivity index (χ1v) is 10.1. The lowest BCUT2D eigenvalue weighted by Crippen LogP contribution is -2.32. The quantitative estimate of drug-likeness (QED) is 0.509. The Balaban J connectivity index is 1.83. The van der Waals surface area contributed by atoms with E-state index in [9.17, 15) is 9.59 Å². The predicted octanol–water partition coefficient (Wildman–Crippen LogP) is 6.01. The van der Waals surface area contributed by atoms with E-state index in [0.717, 1.165) is 16.0 Å². The minimum Gasteiger partial charge on any atom is -0.350 e. The second-order valence-corrected chi connectivity index (χ2v) is 7.92. The Labute approximate surface area is 184 Å². The van der Waals surface area contributed by atoms with Gasteiger partial charge in [0.2, 0.25) is 0 Å². The molecule has 0 bridgehead atoms. The van der Waals surface area contributed by atoms with E-state index in [-0.39, 0.29) is 5.70 Å². The molecule has 4 rings (SSSR count). The summed E-state index contributed by atoms with van der Waals surface area (Å²) in [5, 5.41) is 4.25. The number of nitrogens with one attached hydrogen (secondary N) is 1. The van der Waals surface area contributed by atoms with Crippen LogP contribution in [0.4, 0.5) is 11.4 Å². The molecule has 1 N–H and O–H groups in total. The summed E-state index contributed by atoms with van der Waals surface area (Å²) in [6, 6.07) is 19.6. The smallest absolute Gasteiger partial charge is 0.282 e. The maximum atomic E-state index is 13.4. The van der Waals surface area contributed by atoms with Crippen molar-refractivity contribution in [2.75, 3.05) is 10.2 Å². The van der Waals surface area contributed by atoms with Crippen molar-refractivity contribution in [3.63, 3.8) is 0 Å². The Morgan fingerprint density at radius 1 is 0.800 bits per heavy atom. The minimum atomic E-state index is -0.437. The van der Waals surface area contributed by atoms with E-state index in [4.69, 9.17) is 23.2 Å². The summed E-state index contributed by atoms with van der Waals surface area (Å²) in [4.78, 5) is 27.9. The first-order valence-electron chi connectivity index (χ1n) is 9.34. The fourth-order valence-electron chi connectivity index (χ4n) is 3.38. The average Bonchev–Trinajstić information content (AvgIpc) is 2.96. The lowest BCUT2D eigenvalue weighted by Gasteiger charge is -2.16. The van der Waals surface area contributed by atoms with Gasteiger partial charge in [0.25, 0.3) is 11.8 Å². The van der Waals surface area contributed by atoms with E-state index >= 15 is 0 Å². The zero-order valence-electron chi connectivity index (χ0n) is 16.4. The van der Waals surface area contributed by atoms with E-state index in [1.165, 1.54) is 0 Å². The third kappa shape index (κ3) is 3.60. The van der Waals surface area contributed by atoms with Crippen molar-refractivity contribution in [3.05, 3.63) is 99.2 Å². The van der Waals surface area contributed by atoms with Crippen molar-refractivity contribution in [2.24, 2.45) is 0 Å². The number of hydrogen-bond acceptors (Lipinski definition) is 3. The van der Waals surface area contributed by atoms with E-state index in [1.54, 1.807) is 36.4 Å². The minimum absolute atomic E-state index is 0.216. The highest BCUT2D eigenvalue weighted by molar-refractivity contribution is 6.46. The molecule has 0 aliphatic carbocycles. The topological polar surface area (TPSA) is 49.4 Å². The van der Waals surface area contributed by atoms with Crippen LogP contribution < -0.4 is 10.2 Å². The molecule has 4 nitrogen and oxygen atoms in total. The number of nitrogens with zero attached hydrogens (tertiary/aromatic N) is 1. The molecule has 2 amide bonds. The summed E-state index contributed by atoms with van der Waals surface area (Å²) in [6.45, 7) is 3.75. The van der Waals surface area contributed by atoms with Gasteiger partial charge in [0.15, 0.2) is 0 Å². The first kappa shape index (κ1) is 20.2. The molecule has 3 aromatic rings. The molecule has 1 aliphatic heterocycles. The highest BCUT2D eigenvalue weighted by Gasteiger charge is 2.40. The van der Waals surface area contributed by atoms with Crippen molar-refractivity contribution < 1.29 is 9.59 Å². The largest absolute Gasteiger partial charge is 0.350 e. The van der Waals surface area contributed by atoms with E-state index in [2.05, 4.69) is 5.32 Å². The van der Waals surface area contributed by atoms with Crippen LogP contribution in [0.3, 0.4) is 0 Å². The number of carbonyl (C=O) groups is 2. The first-order chi connectivity index (χ1) is 14.4. The van der Waals surface area contributed by atoms with Gasteiger partial charge in [-0.25, -0.2) is 4.90 Å². The number of carbonyl (C=O) groups excluding carboxylic acids is 2. The number of amides is 2. The summed E-state index contributed by atoms with van der Waals surface area (Å²) >= 11 is 12.3. The summed E-state index contributed by atoms with van der Waals surface area (Å²) in [6.07, 6.45) is 0. The number of rotatable bonds is 4. The third-order valence-corrected chi connectivity index (χ3v) is 5.65. The number of aryl methyl sites for hydroxylation is 2. The van der Waals surface area contributed by atoms with Gasteiger partial charge in [0.1, 0.15) is 5.70 Å². The molecule has 0 unspecified atom stereocenters. The Bertz CT molecular complexity index is 1200. The fourth-order valence-corrected chi connectivity index (χ4v) is 3.78. The summed E-state index contributed by atoms with van der Waals surface area (Å²) in [5.74, 6) is -0.839. The van der Waals surface area contributed by atoms with Crippen LogP contribution >= 0.6 is 23.2 Å². The van der Waals surface area contributed by atoms with Crippen molar-refractivity contribution in [2.45, 2.75) is 13.8 Å². The van der Waals surface area contributed by atoms with E-state index in [1.807, 2.05) is 44.2 Å². The van der Waals surface area contributed by atoms with Crippen LogP contribution in [0.2, 0.25) is 10.0 Å². The summed E-state index contributed by atoms with van der Waals surface area (Å²) < 4.78 is 0. The molecule has 1 aliphatic rings. The lowest BCUT2D eigenvalue weighted by molar-refractivity contribution is -0.120. The highest BCUT2D eigenvalue weighted by Crippen LogP contribution is 2.35. The van der Waals surface area contributed by atoms with Crippen LogP contribution in [0.5, 0.6) is 0 Å². The zero-order chi connectivity index (χ0) is 21.4. The number of halogens is 2. The van der Waals surface area contributed by atoms with Gasteiger partial charge in [0, 0.05) is 15.7 Å². The molecule has 0 saturated heterocycles. The van der Waals surface area contributed by atoms with Gasteiger partial charge >= 0.3 is 0 Å². The van der Waals surface area contributed by atoms with Crippen molar-refractivity contribution >= 4 is 52.0 Å². The number of hydrogen-bond donors (Lipinski definition) is 1. The van der Waals surface area contributed by atoms with Gasteiger partial charge in [-0.15, -0.1) is 0 Å². The number of imide groups is 1. The highest BCUT2D eigenvalue weighted by atomic mass is 35.5. The molecule has 0 fully saturated rings. The average molecular weight is 437 g/mol. The lowest BCUT2D eigenvalue weighted by atomic mass is 10.0. The van der Waals surface area contributed by atoms with E-state index in [0.29, 0.717) is 32.6 Å². The number of benzene rings is 3. The second kappa shape index (κ2) is 7.98. The molecule has 0 spiro atoms. The van der Waals surface area contributed by atoms with Crippen molar-refractivity contribution in [1.29, 1.82) is 0 Å². The SMILES string of the molecule is Cc1ccc(N2C(=O)C(Nc3ccc(Cl)cc3C)=C(c3ccccc3)C2=O)cc1Cl. The molecule has 0 atom stereocenters. The second-order valence-electron chi connectivity index (χ2n) is 7.08. The molecule has 150 valence electrons. The van der Waals surface area contributed by atoms with Crippen LogP contribution in [0, 0.1) is 13.8 Å². The standard InChI is InChI=1S/C24H18Cl2N2O2/c1-14-8-10-18(13-19(14)26)28-23(29)21(16-6-4-3-5-7-16)22(24(28)30)27-20-11-9-17(25)12-15(20)2/h3-13,27H,1-2H3. The molecule has 0 saturated carbocycles. The molecule has 0 aromatic heterocycles. The van der Waals surface area contributed by atoms with Crippen LogP contribution in [0.1, 0.15) is 16.7 Å². The molecule has 0 radical (unpaired) electrons. The Hall–Kier alpha value is -3.08. The zero-order valence-corrected chi connectivity index (χ0v) is 17.9. The third-order valence-electron chi connectivity index (χ3n) is 5.01. The van der Waals surface area contributed by atoms with Gasteiger partial charge in [-0.1, -0.05) is 59.6 Å². The van der Waals surface area contributed by atoms with E-state index < -0.39 is 11.8 Å². The normalized spacial score (nSPS) is 13.9. The Morgan fingerprint density at radius 3 is 2.20 bits per heavy atom. The van der Waals surface area contributed by atoms with Crippen LogP contribution in [-0.4, -0.2) is 11.8 Å². The van der Waals surface area contributed by atoms with Crippen LogP contribution in [-0.2, 0) is 9.59 Å². The van der Waals surface area contributed by atoms with Crippen LogP contribution in [0.25, 0.3) is 5.57 Å². The molecule has 1 heterocycles. The summed E-state index contributed by atoms with van der Waals surface area (Å²) in [5.41, 5.74) is 4.04. The van der Waals surface area contributed by atoms with Gasteiger partial charge in [-0.05, 0) is 60.9 Å².